The molecule has 0 radical (unpaired) electrons. The summed E-state index contributed by atoms with van der Waals surface area (Å²) in [7, 11) is 0. The van der Waals surface area contributed by atoms with Crippen molar-refractivity contribution >= 4 is 0 Å². The lowest BCUT2D eigenvalue weighted by molar-refractivity contribution is 0.211. The van der Waals surface area contributed by atoms with Crippen molar-refractivity contribution in [3.8, 4) is 17.4 Å². The van der Waals surface area contributed by atoms with Crippen molar-refractivity contribution in [3.05, 3.63) is 47.2 Å². The topological polar surface area (TPSA) is 43.4 Å². The maximum absolute atomic E-state index is 6.14. The minimum absolute atomic E-state index is 0.549. The number of ether oxygens (including phenoxy) is 2. The lowest BCUT2D eigenvalue weighted by atomic mass is 10.0. The Bertz CT molecular complexity index is 674. The number of rotatable bonds is 5. The van der Waals surface area contributed by atoms with E-state index in [2.05, 4.69) is 10.3 Å². The van der Waals surface area contributed by atoms with Crippen LogP contribution in [0.3, 0.4) is 0 Å². The summed E-state index contributed by atoms with van der Waals surface area (Å²) < 4.78 is 12.2. The number of piperidine rings is 1. The van der Waals surface area contributed by atoms with E-state index in [0.29, 0.717) is 24.2 Å². The second-order valence-electron chi connectivity index (χ2n) is 6.60. The molecule has 0 aliphatic carbocycles. The molecule has 4 nitrogen and oxygen atoms in total. The van der Waals surface area contributed by atoms with E-state index in [1.54, 1.807) is 0 Å². The van der Waals surface area contributed by atoms with Crippen molar-refractivity contribution in [1.29, 1.82) is 0 Å². The molecule has 0 amide bonds. The Labute approximate surface area is 144 Å². The Hall–Kier alpha value is -2.07. The van der Waals surface area contributed by atoms with E-state index in [9.17, 15) is 0 Å². The van der Waals surface area contributed by atoms with Crippen LogP contribution >= 0.6 is 0 Å². The highest BCUT2D eigenvalue weighted by molar-refractivity contribution is 5.45. The van der Waals surface area contributed by atoms with Crippen LogP contribution in [0.15, 0.2) is 30.3 Å². The number of aryl methyl sites for hydroxylation is 3. The molecule has 1 aromatic carbocycles. The molecule has 1 saturated heterocycles. The van der Waals surface area contributed by atoms with Crippen LogP contribution in [0.5, 0.6) is 17.4 Å². The minimum Gasteiger partial charge on any atom is -0.488 e. The summed E-state index contributed by atoms with van der Waals surface area (Å²) in [6.45, 7) is 8.89. The van der Waals surface area contributed by atoms with Crippen molar-refractivity contribution in [2.45, 2.75) is 33.6 Å². The van der Waals surface area contributed by atoms with Crippen LogP contribution in [0, 0.1) is 26.7 Å². The van der Waals surface area contributed by atoms with Gasteiger partial charge in [0.2, 0.25) is 0 Å². The van der Waals surface area contributed by atoms with Crippen molar-refractivity contribution in [2.24, 2.45) is 5.92 Å². The van der Waals surface area contributed by atoms with E-state index in [4.69, 9.17) is 9.47 Å². The first-order valence-electron chi connectivity index (χ1n) is 8.68. The van der Waals surface area contributed by atoms with E-state index < -0.39 is 0 Å². The number of aromatic nitrogens is 1. The fourth-order valence-electron chi connectivity index (χ4n) is 3.03. The van der Waals surface area contributed by atoms with Gasteiger partial charge in [-0.05, 0) is 63.4 Å². The number of pyridine rings is 1. The second kappa shape index (κ2) is 7.67. The molecule has 2 heterocycles. The summed E-state index contributed by atoms with van der Waals surface area (Å²) in [6, 6.07) is 10.1. The standard InChI is InChI=1S/C20H26N2O2/c1-14-6-4-7-15(2)19(14)24-20-18(10-9-16(3)22-20)23-13-17-8-5-11-21-12-17/h4,6-7,9-10,17,21H,5,8,11-13H2,1-3H3. The Morgan fingerprint density at radius 3 is 2.62 bits per heavy atom. The molecule has 2 aromatic rings. The van der Waals surface area contributed by atoms with Crippen LogP contribution in [0.25, 0.3) is 0 Å². The van der Waals surface area contributed by atoms with E-state index in [0.717, 1.165) is 35.7 Å². The molecule has 1 aliphatic heterocycles. The Balaban J connectivity index is 1.77. The lowest BCUT2D eigenvalue weighted by Gasteiger charge is -2.23. The highest BCUT2D eigenvalue weighted by Gasteiger charge is 2.16. The quantitative estimate of drug-likeness (QED) is 0.895. The van der Waals surface area contributed by atoms with E-state index in [1.165, 1.54) is 12.8 Å². The first-order chi connectivity index (χ1) is 11.6. The fraction of sp³-hybridized carbons (Fsp3) is 0.450. The summed E-state index contributed by atoms with van der Waals surface area (Å²) in [5.74, 6) is 2.68. The van der Waals surface area contributed by atoms with E-state index in [1.807, 2.05) is 51.1 Å². The van der Waals surface area contributed by atoms with Gasteiger partial charge in [0.15, 0.2) is 5.75 Å². The zero-order chi connectivity index (χ0) is 16.9. The van der Waals surface area contributed by atoms with Gasteiger partial charge in [-0.2, -0.15) is 0 Å². The molecule has 0 spiro atoms. The Morgan fingerprint density at radius 2 is 1.92 bits per heavy atom. The van der Waals surface area contributed by atoms with E-state index >= 15 is 0 Å². The smallest absolute Gasteiger partial charge is 0.262 e. The van der Waals surface area contributed by atoms with Gasteiger partial charge < -0.3 is 14.8 Å². The number of para-hydroxylation sites is 1. The third-order valence-corrected chi connectivity index (χ3v) is 4.45. The molecule has 1 aromatic heterocycles. The molecule has 24 heavy (non-hydrogen) atoms. The fourth-order valence-corrected chi connectivity index (χ4v) is 3.03. The van der Waals surface area contributed by atoms with Gasteiger partial charge in [-0.3, -0.25) is 0 Å². The molecule has 1 fully saturated rings. The molecule has 1 unspecified atom stereocenters. The zero-order valence-electron chi connectivity index (χ0n) is 14.8. The van der Waals surface area contributed by atoms with Crippen molar-refractivity contribution < 1.29 is 9.47 Å². The van der Waals surface area contributed by atoms with Crippen LogP contribution in [-0.4, -0.2) is 24.7 Å². The van der Waals surface area contributed by atoms with Crippen LogP contribution in [0.2, 0.25) is 0 Å². The first kappa shape index (κ1) is 16.8. The number of hydrogen-bond donors (Lipinski definition) is 1. The zero-order valence-corrected chi connectivity index (χ0v) is 14.8. The molecular formula is C20H26N2O2. The molecule has 128 valence electrons. The molecule has 3 rings (SSSR count). The monoisotopic (exact) mass is 326 g/mol. The van der Waals surface area contributed by atoms with Crippen molar-refractivity contribution in [1.82, 2.24) is 10.3 Å². The third-order valence-electron chi connectivity index (χ3n) is 4.45. The van der Waals surface area contributed by atoms with Gasteiger partial charge in [-0.25, -0.2) is 4.98 Å². The number of hydrogen-bond acceptors (Lipinski definition) is 4. The number of benzene rings is 1. The highest BCUT2D eigenvalue weighted by Crippen LogP contribution is 2.33. The van der Waals surface area contributed by atoms with Crippen LogP contribution in [-0.2, 0) is 0 Å². The molecule has 1 atom stereocenters. The van der Waals surface area contributed by atoms with E-state index in [-0.39, 0.29) is 0 Å². The highest BCUT2D eigenvalue weighted by atomic mass is 16.5. The third kappa shape index (κ3) is 4.06. The molecule has 4 heteroatoms. The largest absolute Gasteiger partial charge is 0.488 e. The summed E-state index contributed by atoms with van der Waals surface area (Å²) in [4.78, 5) is 4.55. The number of nitrogens with zero attached hydrogens (tertiary/aromatic N) is 1. The maximum Gasteiger partial charge on any atom is 0.262 e. The van der Waals surface area contributed by atoms with Gasteiger partial charge in [-0.15, -0.1) is 0 Å². The summed E-state index contributed by atoms with van der Waals surface area (Å²) in [6.07, 6.45) is 2.42. The summed E-state index contributed by atoms with van der Waals surface area (Å²) in [5, 5.41) is 3.42. The minimum atomic E-state index is 0.549. The predicted molar refractivity (Wildman–Crippen MR) is 96.1 cm³/mol. The lowest BCUT2D eigenvalue weighted by Crippen LogP contribution is -2.33. The summed E-state index contributed by atoms with van der Waals surface area (Å²) in [5.41, 5.74) is 3.12. The van der Waals surface area contributed by atoms with Gasteiger partial charge in [0.25, 0.3) is 5.88 Å². The van der Waals surface area contributed by atoms with Crippen molar-refractivity contribution in [2.75, 3.05) is 19.7 Å². The first-order valence-corrected chi connectivity index (χ1v) is 8.68. The molecule has 1 N–H and O–H groups in total. The van der Waals surface area contributed by atoms with Gasteiger partial charge in [-0.1, -0.05) is 18.2 Å². The predicted octanol–water partition coefficient (Wildman–Crippen LogP) is 4.18. The average Bonchev–Trinajstić information content (AvgIpc) is 2.58. The summed E-state index contributed by atoms with van der Waals surface area (Å²) >= 11 is 0. The maximum atomic E-state index is 6.14. The molecule has 1 aliphatic rings. The second-order valence-corrected chi connectivity index (χ2v) is 6.60. The van der Waals surface area contributed by atoms with Gasteiger partial charge in [0.05, 0.1) is 6.61 Å². The average molecular weight is 326 g/mol. The normalized spacial score (nSPS) is 17.5. The van der Waals surface area contributed by atoms with Gasteiger partial charge in [0.1, 0.15) is 5.75 Å². The van der Waals surface area contributed by atoms with Crippen LogP contribution in [0.1, 0.15) is 29.7 Å². The molecule has 0 saturated carbocycles. The number of nitrogens with one attached hydrogen (secondary N) is 1. The Morgan fingerprint density at radius 1 is 1.12 bits per heavy atom. The van der Waals surface area contributed by atoms with Crippen LogP contribution < -0.4 is 14.8 Å². The van der Waals surface area contributed by atoms with Crippen molar-refractivity contribution in [3.63, 3.8) is 0 Å². The Kier molecular flexibility index (Phi) is 5.36. The molecular weight excluding hydrogens is 300 g/mol. The molecule has 0 bridgehead atoms. The van der Waals surface area contributed by atoms with Gasteiger partial charge in [0, 0.05) is 18.2 Å². The van der Waals surface area contributed by atoms with Gasteiger partial charge >= 0.3 is 0 Å². The SMILES string of the molecule is Cc1ccc(OCC2CCCNC2)c(Oc2c(C)cccc2C)n1. The van der Waals surface area contributed by atoms with Crippen LogP contribution in [0.4, 0.5) is 0 Å².